The molecular weight excluding hydrogens is 540 g/mol. The van der Waals surface area contributed by atoms with Crippen molar-refractivity contribution < 1.29 is 23.2 Å². The molecule has 42 heavy (non-hydrogen) atoms. The summed E-state index contributed by atoms with van der Waals surface area (Å²) in [4.78, 5) is 46.6. The highest BCUT2D eigenvalue weighted by molar-refractivity contribution is 5.90. The smallest absolute Gasteiger partial charge is 0.242 e. The van der Waals surface area contributed by atoms with Crippen molar-refractivity contribution in [3.05, 3.63) is 35.4 Å². The van der Waals surface area contributed by atoms with E-state index < -0.39 is 29.5 Å². The van der Waals surface area contributed by atoms with E-state index in [9.17, 15) is 18.8 Å². The van der Waals surface area contributed by atoms with Crippen LogP contribution in [0.15, 0.2) is 18.2 Å². The summed E-state index contributed by atoms with van der Waals surface area (Å²) in [6.07, 6.45) is 4.12. The molecule has 2 aliphatic heterocycles. The molecule has 0 spiro atoms. The molecule has 2 saturated heterocycles. The second-order valence-corrected chi connectivity index (χ2v) is 14.3. The number of nitrogens with zero attached hydrogens (tertiary/aromatic N) is 3. The molecule has 1 aliphatic carbocycles. The largest absolute Gasteiger partial charge is 0.353 e. The lowest BCUT2D eigenvalue weighted by Crippen LogP contribution is -2.51. The SMILES string of the molecule is CC(=O)N(C1CCC(C)(C)CC1)[C@H]1C[C@@H](C(=O)NCCN)N(C(=O)[C@@H]2CN(C(C)(C)C)C[C@H]2c2ccc(F)cc2F)C1. The van der Waals surface area contributed by atoms with Gasteiger partial charge in [-0.15, -0.1) is 0 Å². The van der Waals surface area contributed by atoms with Crippen molar-refractivity contribution in [3.63, 3.8) is 0 Å². The summed E-state index contributed by atoms with van der Waals surface area (Å²) in [6, 6.07) is 2.52. The molecule has 2 heterocycles. The molecule has 0 unspecified atom stereocenters. The van der Waals surface area contributed by atoms with Gasteiger partial charge in [0.2, 0.25) is 17.7 Å². The maximum absolute atomic E-state index is 15.1. The predicted molar refractivity (Wildman–Crippen MR) is 158 cm³/mol. The molecule has 3 fully saturated rings. The summed E-state index contributed by atoms with van der Waals surface area (Å²) >= 11 is 0. The zero-order chi connectivity index (χ0) is 31.0. The minimum Gasteiger partial charge on any atom is -0.353 e. The first-order chi connectivity index (χ1) is 19.6. The van der Waals surface area contributed by atoms with E-state index in [-0.39, 0.29) is 60.4 Å². The quantitative estimate of drug-likeness (QED) is 0.506. The number of hydrogen-bond donors (Lipinski definition) is 2. The lowest BCUT2D eigenvalue weighted by molar-refractivity contribution is -0.142. The first-order valence-electron chi connectivity index (χ1n) is 15.4. The van der Waals surface area contributed by atoms with E-state index in [2.05, 4.69) is 24.1 Å². The number of rotatable bonds is 7. The van der Waals surface area contributed by atoms with E-state index in [4.69, 9.17) is 5.73 Å². The van der Waals surface area contributed by atoms with Gasteiger partial charge in [-0.3, -0.25) is 19.3 Å². The second-order valence-electron chi connectivity index (χ2n) is 14.3. The van der Waals surface area contributed by atoms with Gasteiger partial charge in [0, 0.05) is 63.2 Å². The Morgan fingerprint density at radius 2 is 1.74 bits per heavy atom. The van der Waals surface area contributed by atoms with Gasteiger partial charge in [-0.2, -0.15) is 0 Å². The zero-order valence-corrected chi connectivity index (χ0v) is 26.1. The third kappa shape index (κ3) is 6.96. The minimum atomic E-state index is -0.765. The van der Waals surface area contributed by atoms with Crippen LogP contribution in [-0.4, -0.2) is 88.8 Å². The lowest BCUT2D eigenvalue weighted by atomic mass is 9.75. The number of nitrogens with two attached hydrogens (primary N) is 1. The Hall–Kier alpha value is -2.59. The number of carbonyl (C=O) groups is 3. The monoisotopic (exact) mass is 589 g/mol. The molecular formula is C32H49F2N5O3. The normalized spacial score (nSPS) is 26.8. The zero-order valence-electron chi connectivity index (χ0n) is 26.1. The average Bonchev–Trinajstić information content (AvgIpc) is 3.53. The minimum absolute atomic E-state index is 0.0499. The molecule has 234 valence electrons. The molecule has 8 nitrogen and oxygen atoms in total. The summed E-state index contributed by atoms with van der Waals surface area (Å²) in [5.41, 5.74) is 5.90. The molecule has 1 saturated carbocycles. The fraction of sp³-hybridized carbons (Fsp3) is 0.719. The summed E-state index contributed by atoms with van der Waals surface area (Å²) in [6.45, 7) is 13.8. The van der Waals surface area contributed by atoms with E-state index in [1.807, 2.05) is 25.7 Å². The Morgan fingerprint density at radius 3 is 2.31 bits per heavy atom. The Morgan fingerprint density at radius 1 is 1.07 bits per heavy atom. The van der Waals surface area contributed by atoms with E-state index in [0.29, 0.717) is 25.1 Å². The van der Waals surface area contributed by atoms with Gasteiger partial charge in [-0.1, -0.05) is 19.9 Å². The van der Waals surface area contributed by atoms with Crippen LogP contribution in [0.1, 0.15) is 85.1 Å². The van der Waals surface area contributed by atoms with E-state index >= 15 is 4.39 Å². The number of benzene rings is 1. The summed E-state index contributed by atoms with van der Waals surface area (Å²) in [7, 11) is 0. The molecule has 10 heteroatoms. The van der Waals surface area contributed by atoms with Crippen molar-refractivity contribution in [1.29, 1.82) is 0 Å². The summed E-state index contributed by atoms with van der Waals surface area (Å²) in [5, 5.41) is 2.85. The van der Waals surface area contributed by atoms with Crippen molar-refractivity contribution in [3.8, 4) is 0 Å². The van der Waals surface area contributed by atoms with Crippen molar-refractivity contribution in [2.45, 2.75) is 103 Å². The Balaban J connectivity index is 1.65. The van der Waals surface area contributed by atoms with Gasteiger partial charge in [0.05, 0.1) is 12.0 Å². The maximum atomic E-state index is 15.1. The standard InChI is InChI=1S/C32H49F2N5O3/c1-20(40)39(22-9-11-32(5,6)12-10-22)23-16-28(29(41)36-14-13-35)38(17-23)30(42)26-19-37(31(2,3)4)18-25(26)24-8-7-21(33)15-27(24)34/h7-8,15,22-23,25-26,28H,9-14,16-19,35H2,1-6H3,(H,36,41)/t23-,25-,26+,28-/m0/s1. The number of carbonyl (C=O) groups excluding carboxylic acids is 3. The molecule has 0 aromatic heterocycles. The van der Waals surface area contributed by atoms with Crippen LogP contribution in [0.3, 0.4) is 0 Å². The number of nitrogens with one attached hydrogen (secondary N) is 1. The van der Waals surface area contributed by atoms with Crippen molar-refractivity contribution >= 4 is 17.7 Å². The van der Waals surface area contributed by atoms with Crippen molar-refractivity contribution in [2.75, 3.05) is 32.7 Å². The van der Waals surface area contributed by atoms with E-state index in [1.165, 1.54) is 12.1 Å². The molecule has 1 aromatic rings. The van der Waals surface area contributed by atoms with Crippen LogP contribution in [0.4, 0.5) is 8.78 Å². The van der Waals surface area contributed by atoms with Gasteiger partial charge in [-0.25, -0.2) is 8.78 Å². The number of halogens is 2. The van der Waals surface area contributed by atoms with Crippen LogP contribution in [0.5, 0.6) is 0 Å². The molecule has 1 aromatic carbocycles. The highest BCUT2D eigenvalue weighted by atomic mass is 19.1. The highest BCUT2D eigenvalue weighted by Gasteiger charge is 2.50. The first kappa shape index (κ1) is 32.3. The van der Waals surface area contributed by atoms with Crippen LogP contribution < -0.4 is 11.1 Å². The van der Waals surface area contributed by atoms with Crippen LogP contribution in [0.2, 0.25) is 0 Å². The van der Waals surface area contributed by atoms with Crippen molar-refractivity contribution in [1.82, 2.24) is 20.0 Å². The second kappa shape index (κ2) is 12.6. The molecule has 3 amide bonds. The Bertz CT molecular complexity index is 1160. The fourth-order valence-corrected chi connectivity index (χ4v) is 7.23. The predicted octanol–water partition coefficient (Wildman–Crippen LogP) is 3.64. The summed E-state index contributed by atoms with van der Waals surface area (Å²) in [5.74, 6) is -3.06. The Labute approximate surface area is 249 Å². The van der Waals surface area contributed by atoms with Gasteiger partial charge < -0.3 is 20.9 Å². The molecule has 0 bridgehead atoms. The van der Waals surface area contributed by atoms with Gasteiger partial charge in [0.15, 0.2) is 0 Å². The third-order valence-corrected chi connectivity index (χ3v) is 9.72. The fourth-order valence-electron chi connectivity index (χ4n) is 7.23. The van der Waals surface area contributed by atoms with Gasteiger partial charge in [0.25, 0.3) is 0 Å². The number of likely N-dealkylation sites (tertiary alicyclic amines) is 2. The van der Waals surface area contributed by atoms with Gasteiger partial charge in [0.1, 0.15) is 17.7 Å². The molecule has 0 radical (unpaired) electrons. The molecule has 4 atom stereocenters. The maximum Gasteiger partial charge on any atom is 0.242 e. The van der Waals surface area contributed by atoms with Crippen LogP contribution in [0, 0.1) is 23.0 Å². The average molecular weight is 590 g/mol. The molecule has 4 rings (SSSR count). The highest BCUT2D eigenvalue weighted by Crippen LogP contribution is 2.41. The van der Waals surface area contributed by atoms with Crippen molar-refractivity contribution in [2.24, 2.45) is 17.1 Å². The van der Waals surface area contributed by atoms with Crippen LogP contribution in [-0.2, 0) is 14.4 Å². The number of hydrogen-bond acceptors (Lipinski definition) is 5. The third-order valence-electron chi connectivity index (χ3n) is 9.72. The van der Waals surface area contributed by atoms with Crippen LogP contribution in [0.25, 0.3) is 0 Å². The summed E-state index contributed by atoms with van der Waals surface area (Å²) < 4.78 is 28.9. The van der Waals surface area contributed by atoms with Crippen LogP contribution >= 0.6 is 0 Å². The van der Waals surface area contributed by atoms with Gasteiger partial charge >= 0.3 is 0 Å². The van der Waals surface area contributed by atoms with Gasteiger partial charge in [-0.05, 0) is 69.9 Å². The number of amides is 3. The first-order valence-corrected chi connectivity index (χ1v) is 15.4. The lowest BCUT2D eigenvalue weighted by Gasteiger charge is -2.42. The topological polar surface area (TPSA) is 99.0 Å². The molecule has 3 N–H and O–H groups in total. The molecule has 3 aliphatic rings. The van der Waals surface area contributed by atoms with E-state index in [0.717, 1.165) is 31.7 Å². The Kier molecular flexibility index (Phi) is 9.67. The van der Waals surface area contributed by atoms with E-state index in [1.54, 1.807) is 11.8 Å².